The molecule has 0 saturated carbocycles. The number of likely N-dealkylation sites (tertiary alicyclic amines) is 1. The molecule has 2 rings (SSSR count). The molecule has 0 aliphatic carbocycles. The van der Waals surface area contributed by atoms with Crippen molar-refractivity contribution in [1.29, 1.82) is 0 Å². The highest BCUT2D eigenvalue weighted by atomic mass is 35.5. The fourth-order valence-electron chi connectivity index (χ4n) is 3.13. The van der Waals surface area contributed by atoms with Crippen LogP contribution in [0, 0.1) is 0 Å². The van der Waals surface area contributed by atoms with E-state index in [9.17, 15) is 0 Å². The van der Waals surface area contributed by atoms with E-state index in [0.717, 1.165) is 5.02 Å². The van der Waals surface area contributed by atoms with Crippen LogP contribution in [0.25, 0.3) is 0 Å². The molecule has 1 aliphatic heterocycles. The first-order chi connectivity index (χ1) is 9.70. The van der Waals surface area contributed by atoms with Crippen molar-refractivity contribution in [2.24, 2.45) is 0 Å². The van der Waals surface area contributed by atoms with Gasteiger partial charge in [0.05, 0.1) is 0 Å². The van der Waals surface area contributed by atoms with Crippen LogP contribution in [0.15, 0.2) is 24.3 Å². The quantitative estimate of drug-likeness (QED) is 0.873. The third kappa shape index (κ3) is 4.47. The average Bonchev–Trinajstić information content (AvgIpc) is 2.65. The molecular formula is C17H27ClN2. The Bertz CT molecular complexity index is 408. The van der Waals surface area contributed by atoms with Gasteiger partial charge < -0.3 is 10.2 Å². The van der Waals surface area contributed by atoms with E-state index in [0.29, 0.717) is 12.1 Å². The molecule has 20 heavy (non-hydrogen) atoms. The number of rotatable bonds is 5. The molecule has 0 radical (unpaired) electrons. The van der Waals surface area contributed by atoms with Crippen molar-refractivity contribution < 1.29 is 0 Å². The Morgan fingerprint density at radius 3 is 2.85 bits per heavy atom. The predicted molar refractivity (Wildman–Crippen MR) is 87.4 cm³/mol. The highest BCUT2D eigenvalue weighted by molar-refractivity contribution is 6.31. The second kappa shape index (κ2) is 8.02. The van der Waals surface area contributed by atoms with Crippen molar-refractivity contribution in [2.45, 2.75) is 51.6 Å². The summed E-state index contributed by atoms with van der Waals surface area (Å²) < 4.78 is 0. The maximum atomic E-state index is 6.29. The highest BCUT2D eigenvalue weighted by Crippen LogP contribution is 2.24. The lowest BCUT2D eigenvalue weighted by Gasteiger charge is -2.23. The summed E-state index contributed by atoms with van der Waals surface area (Å²) in [5.74, 6) is 0. The normalized spacial score (nSPS) is 22.4. The topological polar surface area (TPSA) is 15.3 Å². The molecule has 1 aromatic rings. The molecule has 0 bridgehead atoms. The fourth-order valence-corrected chi connectivity index (χ4v) is 3.43. The standard InChI is InChI=1S/C17H27ClN2/c1-3-11-20-12-6-7-15(10-13-20)19-14(2)16-8-4-5-9-17(16)18/h4-5,8-9,14-15,19H,3,6-7,10-13H2,1-2H3. The van der Waals surface area contributed by atoms with Gasteiger partial charge in [-0.1, -0.05) is 36.7 Å². The maximum Gasteiger partial charge on any atom is 0.0453 e. The maximum absolute atomic E-state index is 6.29. The fraction of sp³-hybridized carbons (Fsp3) is 0.647. The van der Waals surface area contributed by atoms with E-state index in [1.165, 1.54) is 50.9 Å². The van der Waals surface area contributed by atoms with Crippen LogP contribution in [0.1, 0.15) is 51.1 Å². The Hall–Kier alpha value is -0.570. The molecule has 2 unspecified atom stereocenters. The number of hydrogen-bond acceptors (Lipinski definition) is 2. The lowest BCUT2D eigenvalue weighted by Crippen LogP contribution is -2.33. The van der Waals surface area contributed by atoms with Gasteiger partial charge in [-0.15, -0.1) is 0 Å². The van der Waals surface area contributed by atoms with Gasteiger partial charge in [0, 0.05) is 17.1 Å². The van der Waals surface area contributed by atoms with Crippen LogP contribution < -0.4 is 5.32 Å². The zero-order valence-electron chi connectivity index (χ0n) is 12.7. The highest BCUT2D eigenvalue weighted by Gasteiger charge is 2.19. The van der Waals surface area contributed by atoms with Crippen LogP contribution in [0.4, 0.5) is 0 Å². The molecule has 1 aromatic carbocycles. The van der Waals surface area contributed by atoms with Crippen molar-refractivity contribution in [3.63, 3.8) is 0 Å². The molecule has 2 nitrogen and oxygen atoms in total. The predicted octanol–water partition coefficient (Wildman–Crippen LogP) is 4.26. The van der Waals surface area contributed by atoms with Crippen molar-refractivity contribution in [1.82, 2.24) is 10.2 Å². The van der Waals surface area contributed by atoms with Gasteiger partial charge in [-0.25, -0.2) is 0 Å². The van der Waals surface area contributed by atoms with E-state index in [2.05, 4.69) is 36.2 Å². The second-order valence-electron chi connectivity index (χ2n) is 5.88. The van der Waals surface area contributed by atoms with Gasteiger partial charge in [-0.3, -0.25) is 0 Å². The monoisotopic (exact) mass is 294 g/mol. The lowest BCUT2D eigenvalue weighted by molar-refractivity contribution is 0.281. The summed E-state index contributed by atoms with van der Waals surface area (Å²) in [5, 5.41) is 4.64. The van der Waals surface area contributed by atoms with Crippen molar-refractivity contribution >= 4 is 11.6 Å². The van der Waals surface area contributed by atoms with Gasteiger partial charge in [0.15, 0.2) is 0 Å². The van der Waals surface area contributed by atoms with Crippen LogP contribution in [0.5, 0.6) is 0 Å². The average molecular weight is 295 g/mol. The summed E-state index contributed by atoms with van der Waals surface area (Å²) in [5.41, 5.74) is 1.21. The smallest absolute Gasteiger partial charge is 0.0453 e. The summed E-state index contributed by atoms with van der Waals surface area (Å²) in [4.78, 5) is 2.60. The van der Waals surface area contributed by atoms with E-state index in [4.69, 9.17) is 11.6 Å². The van der Waals surface area contributed by atoms with Gasteiger partial charge in [0.25, 0.3) is 0 Å². The molecule has 1 fully saturated rings. The third-order valence-electron chi connectivity index (χ3n) is 4.22. The number of hydrogen-bond donors (Lipinski definition) is 1. The number of benzene rings is 1. The van der Waals surface area contributed by atoms with Crippen LogP contribution in [0.3, 0.4) is 0 Å². The van der Waals surface area contributed by atoms with E-state index in [-0.39, 0.29) is 0 Å². The summed E-state index contributed by atoms with van der Waals surface area (Å²) in [7, 11) is 0. The summed E-state index contributed by atoms with van der Waals surface area (Å²) in [6.45, 7) is 8.20. The first-order valence-electron chi connectivity index (χ1n) is 7.93. The van der Waals surface area contributed by atoms with Crippen LogP contribution in [-0.4, -0.2) is 30.6 Å². The molecule has 1 heterocycles. The summed E-state index contributed by atoms with van der Waals surface area (Å²) >= 11 is 6.29. The van der Waals surface area contributed by atoms with E-state index in [1.807, 2.05) is 12.1 Å². The number of nitrogens with zero attached hydrogens (tertiary/aromatic N) is 1. The molecule has 1 saturated heterocycles. The van der Waals surface area contributed by atoms with Crippen LogP contribution >= 0.6 is 11.6 Å². The Morgan fingerprint density at radius 1 is 1.30 bits per heavy atom. The van der Waals surface area contributed by atoms with Crippen LogP contribution in [-0.2, 0) is 0 Å². The SMILES string of the molecule is CCCN1CCCC(NC(C)c2ccccc2Cl)CC1. The molecule has 0 aromatic heterocycles. The first kappa shape index (κ1) is 15.8. The molecular weight excluding hydrogens is 268 g/mol. The Morgan fingerprint density at radius 2 is 2.10 bits per heavy atom. The number of halogens is 1. The second-order valence-corrected chi connectivity index (χ2v) is 6.29. The zero-order valence-corrected chi connectivity index (χ0v) is 13.5. The number of nitrogens with one attached hydrogen (secondary N) is 1. The van der Waals surface area contributed by atoms with Crippen molar-refractivity contribution in [2.75, 3.05) is 19.6 Å². The van der Waals surface area contributed by atoms with Gasteiger partial charge in [-0.05, 0) is 63.9 Å². The summed E-state index contributed by atoms with van der Waals surface area (Å²) in [6.07, 6.45) is 5.07. The molecule has 0 spiro atoms. The Balaban J connectivity index is 1.88. The minimum atomic E-state index is 0.325. The van der Waals surface area contributed by atoms with Gasteiger partial charge in [0.2, 0.25) is 0 Å². The Labute approximate surface area is 128 Å². The lowest BCUT2D eigenvalue weighted by atomic mass is 10.0. The van der Waals surface area contributed by atoms with Crippen molar-refractivity contribution in [3.05, 3.63) is 34.9 Å². The van der Waals surface area contributed by atoms with E-state index >= 15 is 0 Å². The zero-order chi connectivity index (χ0) is 14.4. The molecule has 1 aliphatic rings. The molecule has 112 valence electrons. The van der Waals surface area contributed by atoms with E-state index in [1.54, 1.807) is 0 Å². The molecule has 1 N–H and O–H groups in total. The summed E-state index contributed by atoms with van der Waals surface area (Å²) in [6, 6.07) is 9.10. The Kier molecular flexibility index (Phi) is 6.34. The molecule has 3 heteroatoms. The van der Waals surface area contributed by atoms with Gasteiger partial charge in [0.1, 0.15) is 0 Å². The molecule has 2 atom stereocenters. The van der Waals surface area contributed by atoms with Crippen molar-refractivity contribution in [3.8, 4) is 0 Å². The minimum absolute atomic E-state index is 0.325. The third-order valence-corrected chi connectivity index (χ3v) is 4.56. The largest absolute Gasteiger partial charge is 0.307 e. The molecule has 0 amide bonds. The minimum Gasteiger partial charge on any atom is -0.307 e. The first-order valence-corrected chi connectivity index (χ1v) is 8.31. The van der Waals surface area contributed by atoms with Crippen LogP contribution in [0.2, 0.25) is 5.02 Å². The van der Waals surface area contributed by atoms with Gasteiger partial charge in [-0.2, -0.15) is 0 Å². The van der Waals surface area contributed by atoms with E-state index < -0.39 is 0 Å². The van der Waals surface area contributed by atoms with Gasteiger partial charge >= 0.3 is 0 Å².